The van der Waals surface area contributed by atoms with E-state index in [4.69, 9.17) is 0 Å². The minimum atomic E-state index is 0.224. The summed E-state index contributed by atoms with van der Waals surface area (Å²) in [6.45, 7) is 13.9. The number of nitrogens with zero attached hydrogens (tertiary/aromatic N) is 3. The number of benzene rings is 2. The molecule has 0 aliphatic heterocycles. The highest BCUT2D eigenvalue weighted by atomic mass is 15.5. The molecule has 0 radical (unpaired) electrons. The number of hydrogen-bond donors (Lipinski definition) is 1. The van der Waals surface area contributed by atoms with Crippen LogP contribution in [0, 0.1) is 6.92 Å². The van der Waals surface area contributed by atoms with E-state index in [1.807, 2.05) is 12.1 Å². The molecule has 0 saturated heterocycles. The van der Waals surface area contributed by atoms with Gasteiger partial charge < -0.3 is 0 Å². The van der Waals surface area contributed by atoms with E-state index < -0.39 is 0 Å². The molecule has 0 unspecified atom stereocenters. The van der Waals surface area contributed by atoms with Crippen molar-refractivity contribution < 1.29 is 0 Å². The number of aromatic amines is 1. The maximum atomic E-state index is 4.04. The van der Waals surface area contributed by atoms with Gasteiger partial charge in [-0.3, -0.25) is 0 Å². The van der Waals surface area contributed by atoms with Crippen LogP contribution in [-0.4, -0.2) is 20.6 Å². The van der Waals surface area contributed by atoms with E-state index in [1.54, 1.807) is 0 Å². The smallest absolute Gasteiger partial charge is 0.177 e. The Balaban J connectivity index is 1.71. The Hall–Kier alpha value is -2.75. The lowest BCUT2D eigenvalue weighted by molar-refractivity contribution is 0.331. The second-order valence-electron chi connectivity index (χ2n) is 9.66. The van der Waals surface area contributed by atoms with E-state index in [1.165, 1.54) is 46.2 Å². The van der Waals surface area contributed by atoms with Crippen molar-refractivity contribution in [1.29, 1.82) is 0 Å². The Morgan fingerprint density at radius 3 is 2.17 bits per heavy atom. The molecule has 0 saturated carbocycles. The number of rotatable bonds is 3. The van der Waals surface area contributed by atoms with E-state index in [-0.39, 0.29) is 10.8 Å². The number of fused-ring (bicyclic) bond motifs is 1. The summed E-state index contributed by atoms with van der Waals surface area (Å²) in [5, 5.41) is 14.2. The summed E-state index contributed by atoms with van der Waals surface area (Å²) in [4.78, 5) is 0. The van der Waals surface area contributed by atoms with E-state index in [2.05, 4.69) is 92.5 Å². The molecule has 2 aromatic carbocycles. The van der Waals surface area contributed by atoms with Crippen LogP contribution in [0.15, 0.2) is 36.4 Å². The van der Waals surface area contributed by atoms with Crippen LogP contribution < -0.4 is 0 Å². The van der Waals surface area contributed by atoms with Crippen molar-refractivity contribution in [2.45, 2.75) is 65.2 Å². The summed E-state index contributed by atoms with van der Waals surface area (Å²) in [5.41, 5.74) is 9.57. The lowest BCUT2D eigenvalue weighted by Gasteiger charge is -2.42. The molecule has 0 bridgehead atoms. The predicted octanol–water partition coefficient (Wildman–Crippen LogP) is 6.08. The van der Waals surface area contributed by atoms with Gasteiger partial charge in [0, 0.05) is 5.56 Å². The van der Waals surface area contributed by atoms with Gasteiger partial charge in [0.25, 0.3) is 0 Å². The fourth-order valence-corrected chi connectivity index (χ4v) is 4.38. The molecule has 4 heteroatoms. The third-order valence-electron chi connectivity index (χ3n) is 6.56. The molecule has 0 atom stereocenters. The summed E-state index contributed by atoms with van der Waals surface area (Å²) in [6, 6.07) is 13.2. The van der Waals surface area contributed by atoms with E-state index in [0.29, 0.717) is 5.82 Å². The van der Waals surface area contributed by atoms with Crippen LogP contribution in [0.3, 0.4) is 0 Å². The Labute approximate surface area is 173 Å². The quantitative estimate of drug-likeness (QED) is 0.555. The highest BCUT2D eigenvalue weighted by molar-refractivity contribution is 5.82. The van der Waals surface area contributed by atoms with Gasteiger partial charge in [0.05, 0.1) is 0 Å². The average molecular weight is 387 g/mol. The molecule has 1 heterocycles. The molecule has 1 N–H and O–H groups in total. The number of aromatic nitrogens is 4. The Morgan fingerprint density at radius 1 is 0.966 bits per heavy atom. The summed E-state index contributed by atoms with van der Waals surface area (Å²) in [5.74, 6) is 0.619. The number of H-pyrrole nitrogens is 1. The van der Waals surface area contributed by atoms with Gasteiger partial charge in [-0.15, -0.1) is 10.2 Å². The van der Waals surface area contributed by atoms with Crippen LogP contribution in [-0.2, 0) is 10.8 Å². The standard InChI is InChI=1S/C25H30N4/c1-16(18-7-9-19(10-8-18)23-26-28-29-27-23)13-20-15-22-21(14-17(20)2)24(3,4)11-12-25(22,5)6/h7-10,13-15H,11-12H2,1-6H3,(H,26,27,28,29)/b16-13-. The van der Waals surface area contributed by atoms with Crippen molar-refractivity contribution in [3.63, 3.8) is 0 Å². The first-order valence-corrected chi connectivity index (χ1v) is 10.4. The first-order valence-electron chi connectivity index (χ1n) is 10.4. The van der Waals surface area contributed by atoms with E-state index in [0.717, 1.165) is 5.56 Å². The molecule has 3 aromatic rings. The van der Waals surface area contributed by atoms with Crippen molar-refractivity contribution in [2.24, 2.45) is 0 Å². The summed E-state index contributed by atoms with van der Waals surface area (Å²) < 4.78 is 0. The Morgan fingerprint density at radius 2 is 1.59 bits per heavy atom. The second kappa shape index (κ2) is 6.94. The van der Waals surface area contributed by atoms with Crippen molar-refractivity contribution in [3.8, 4) is 11.4 Å². The predicted molar refractivity (Wildman–Crippen MR) is 120 cm³/mol. The SMILES string of the molecule is C/C(=C/c1cc2c(cc1C)C(C)(C)CCC2(C)C)c1ccc(-c2nn[nH]n2)cc1. The number of allylic oxidation sites excluding steroid dienone is 1. The fourth-order valence-electron chi connectivity index (χ4n) is 4.38. The average Bonchev–Trinajstić information content (AvgIpc) is 3.22. The zero-order chi connectivity index (χ0) is 20.8. The Kier molecular flexibility index (Phi) is 4.68. The largest absolute Gasteiger partial charge is 0.204 e. The van der Waals surface area contributed by atoms with Crippen LogP contribution in [0.25, 0.3) is 23.0 Å². The molecule has 29 heavy (non-hydrogen) atoms. The van der Waals surface area contributed by atoms with E-state index in [9.17, 15) is 0 Å². The Bertz CT molecular complexity index is 1050. The molecule has 4 rings (SSSR count). The highest BCUT2D eigenvalue weighted by Crippen LogP contribution is 2.46. The van der Waals surface area contributed by atoms with Crippen molar-refractivity contribution in [2.75, 3.05) is 0 Å². The van der Waals surface area contributed by atoms with Gasteiger partial charge in [-0.1, -0.05) is 70.2 Å². The van der Waals surface area contributed by atoms with Crippen LogP contribution in [0.2, 0.25) is 0 Å². The topological polar surface area (TPSA) is 54.5 Å². The van der Waals surface area contributed by atoms with Crippen LogP contribution in [0.5, 0.6) is 0 Å². The number of aryl methyl sites for hydroxylation is 1. The monoisotopic (exact) mass is 386 g/mol. The molecule has 150 valence electrons. The molecule has 1 aliphatic rings. The third-order valence-corrected chi connectivity index (χ3v) is 6.56. The van der Waals surface area contributed by atoms with Gasteiger partial charge in [0.15, 0.2) is 0 Å². The summed E-state index contributed by atoms with van der Waals surface area (Å²) >= 11 is 0. The minimum Gasteiger partial charge on any atom is -0.177 e. The van der Waals surface area contributed by atoms with Gasteiger partial charge in [-0.2, -0.15) is 5.21 Å². The van der Waals surface area contributed by atoms with Gasteiger partial charge in [0.2, 0.25) is 5.82 Å². The molecule has 1 aliphatic carbocycles. The molecule has 4 nitrogen and oxygen atoms in total. The molecular formula is C25H30N4. The van der Waals surface area contributed by atoms with Gasteiger partial charge >= 0.3 is 0 Å². The van der Waals surface area contributed by atoms with Gasteiger partial charge in [-0.05, 0) is 76.1 Å². The third kappa shape index (κ3) is 3.64. The van der Waals surface area contributed by atoms with Crippen molar-refractivity contribution in [3.05, 3.63) is 64.2 Å². The zero-order valence-electron chi connectivity index (χ0n) is 18.3. The lowest BCUT2D eigenvalue weighted by atomic mass is 9.62. The number of nitrogens with one attached hydrogen (secondary N) is 1. The van der Waals surface area contributed by atoms with Gasteiger partial charge in [-0.25, -0.2) is 0 Å². The van der Waals surface area contributed by atoms with E-state index >= 15 is 0 Å². The normalized spacial score (nSPS) is 17.8. The van der Waals surface area contributed by atoms with Crippen molar-refractivity contribution >= 4 is 11.6 Å². The number of hydrogen-bond acceptors (Lipinski definition) is 3. The van der Waals surface area contributed by atoms with Crippen LogP contribution in [0.4, 0.5) is 0 Å². The number of tetrazole rings is 1. The maximum Gasteiger partial charge on any atom is 0.204 e. The zero-order valence-corrected chi connectivity index (χ0v) is 18.3. The molecule has 1 aromatic heterocycles. The second-order valence-corrected chi connectivity index (χ2v) is 9.66. The van der Waals surface area contributed by atoms with Gasteiger partial charge in [0.1, 0.15) is 0 Å². The van der Waals surface area contributed by atoms with Crippen LogP contribution >= 0.6 is 0 Å². The molecular weight excluding hydrogens is 356 g/mol. The lowest BCUT2D eigenvalue weighted by Crippen LogP contribution is -2.34. The first kappa shape index (κ1) is 19.6. The van der Waals surface area contributed by atoms with Crippen LogP contribution in [0.1, 0.15) is 75.3 Å². The summed E-state index contributed by atoms with van der Waals surface area (Å²) in [7, 11) is 0. The molecule has 0 fully saturated rings. The van der Waals surface area contributed by atoms with Crippen molar-refractivity contribution in [1.82, 2.24) is 20.6 Å². The minimum absolute atomic E-state index is 0.224. The molecule has 0 spiro atoms. The maximum absolute atomic E-state index is 4.04. The molecule has 0 amide bonds. The first-order chi connectivity index (χ1) is 13.7. The summed E-state index contributed by atoms with van der Waals surface area (Å²) in [6.07, 6.45) is 4.79. The highest BCUT2D eigenvalue weighted by Gasteiger charge is 2.37. The fraction of sp³-hybridized carbons (Fsp3) is 0.400.